The molecular weight excluding hydrogens is 669 g/mol. The Hall–Kier alpha value is -4.81. The van der Waals surface area contributed by atoms with Gasteiger partial charge in [0.1, 0.15) is 11.7 Å². The first-order chi connectivity index (χ1) is 24.2. The maximum Gasteiger partial charge on any atom is 0.411 e. The van der Waals surface area contributed by atoms with Gasteiger partial charge in [-0.1, -0.05) is 98.8 Å². The number of nitrogens with one attached hydrogen (secondary N) is 3. The van der Waals surface area contributed by atoms with Crippen LogP contribution in [-0.2, 0) is 30.5 Å². The first-order valence-corrected chi connectivity index (χ1v) is 19.0. The van der Waals surface area contributed by atoms with Crippen molar-refractivity contribution < 1.29 is 32.3 Å². The van der Waals surface area contributed by atoms with Crippen LogP contribution in [0.15, 0.2) is 97.1 Å². The van der Waals surface area contributed by atoms with Crippen molar-refractivity contribution in [1.82, 2.24) is 20.9 Å². The number of carbonyl (C=O) groups excluding carboxylic acids is 3. The van der Waals surface area contributed by atoms with E-state index in [2.05, 4.69) is 20.9 Å². The van der Waals surface area contributed by atoms with Gasteiger partial charge >= 0.3 is 12.0 Å². The van der Waals surface area contributed by atoms with Crippen LogP contribution < -0.4 is 16.0 Å². The average Bonchev–Trinajstić information content (AvgIpc) is 3.76. The van der Waals surface area contributed by atoms with Gasteiger partial charge in [-0.15, -0.1) is 0 Å². The van der Waals surface area contributed by atoms with Gasteiger partial charge in [-0.05, 0) is 68.7 Å². The minimum Gasteiger partial charge on any atom is -0.395 e. The normalized spacial score (nSPS) is 18.4. The lowest BCUT2D eigenvalue weighted by atomic mass is 9.97. The maximum absolute atomic E-state index is 14.2. The molecule has 2 heterocycles. The third-order valence-corrected chi connectivity index (χ3v) is 11.4. The summed E-state index contributed by atoms with van der Waals surface area (Å²) >= 11 is 0. The number of fused-ring (bicyclic) bond motifs is 1. The zero-order valence-corrected chi connectivity index (χ0v) is 30.4. The van der Waals surface area contributed by atoms with Crippen LogP contribution in [0, 0.1) is 5.92 Å². The van der Waals surface area contributed by atoms with E-state index in [9.17, 15) is 22.8 Å². The number of carbonyl (C=O) groups is 3. The minimum absolute atomic E-state index is 0.000270. The van der Waals surface area contributed by atoms with Gasteiger partial charge in [0.25, 0.3) is 5.91 Å². The fraction of sp³-hybridized carbons (Fsp3) is 0.385. The van der Waals surface area contributed by atoms with Crippen molar-refractivity contribution in [2.75, 3.05) is 6.26 Å². The number of amides is 3. The molecule has 4 atom stereocenters. The highest BCUT2D eigenvalue weighted by Gasteiger charge is 2.63. The molecule has 270 valence electrons. The fourth-order valence-corrected chi connectivity index (χ4v) is 6.54. The lowest BCUT2D eigenvalue weighted by Crippen LogP contribution is -2.63. The van der Waals surface area contributed by atoms with Gasteiger partial charge in [0.2, 0.25) is 5.91 Å². The molecule has 1 saturated heterocycles. The topological polar surface area (TPSA) is 156 Å². The second-order valence-electron chi connectivity index (χ2n) is 13.9. The monoisotopic (exact) mass is 714 g/mol. The lowest BCUT2D eigenvalue weighted by Gasteiger charge is -2.33. The molecule has 1 fully saturated rings. The number of epoxide rings is 1. The van der Waals surface area contributed by atoms with Crippen molar-refractivity contribution in [3.8, 4) is 0 Å². The molecule has 0 bridgehead atoms. The zero-order chi connectivity index (χ0) is 36.8. The van der Waals surface area contributed by atoms with E-state index >= 15 is 0 Å². The first kappa shape index (κ1) is 37.4. The summed E-state index contributed by atoms with van der Waals surface area (Å²) in [4.78, 5) is 45.7. The summed E-state index contributed by atoms with van der Waals surface area (Å²) in [7, 11) is -3.94. The Kier molecular flexibility index (Phi) is 11.5. The number of sulfone groups is 1. The molecule has 12 heteroatoms. The minimum atomic E-state index is -3.94. The van der Waals surface area contributed by atoms with E-state index in [-0.39, 0.29) is 17.7 Å². The standard InChI is InChI=1S/C39H46N4O7S/c1-26(2)25-32(28-18-10-7-11-19-28)41-37(46)50-39(33(49-39)22-14-17-27-15-8-6-9-16-27)43-36(45)34(38(3,4)51(5,47)48)42-35(44)31-24-23-29-20-12-13-21-30(29)40-31/h6-13,15-16,18-21,23-24,26,32-34H,14,17,22,25H2,1-5H3,(H,41,46)(H,42,44)(H,43,45)/t32?,33-,34-,39?/m1/s1. The number of hydrogen-bond acceptors (Lipinski definition) is 8. The summed E-state index contributed by atoms with van der Waals surface area (Å²) in [5.74, 6) is -3.30. The summed E-state index contributed by atoms with van der Waals surface area (Å²) < 4.78 is 36.2. The van der Waals surface area contributed by atoms with Crippen molar-refractivity contribution in [2.45, 2.75) is 82.2 Å². The molecule has 3 amide bonds. The van der Waals surface area contributed by atoms with Crippen molar-refractivity contribution in [3.05, 3.63) is 114 Å². The number of benzene rings is 3. The predicted octanol–water partition coefficient (Wildman–Crippen LogP) is 5.86. The number of rotatable bonds is 15. The van der Waals surface area contributed by atoms with Crippen LogP contribution in [0.25, 0.3) is 10.9 Å². The number of para-hydroxylation sites is 1. The van der Waals surface area contributed by atoms with Gasteiger partial charge < -0.3 is 20.1 Å². The summed E-state index contributed by atoms with van der Waals surface area (Å²) in [6.07, 6.45) is 1.87. The summed E-state index contributed by atoms with van der Waals surface area (Å²) in [6, 6.07) is 27.8. The number of ether oxygens (including phenoxy) is 2. The molecular formula is C39H46N4O7S. The molecule has 1 aliphatic heterocycles. The SMILES string of the molecule is CC(C)CC(NC(=O)OC1(NC(=O)[C@@H](NC(=O)c2ccc3ccccc3n2)C(C)(C)S(C)(=O)=O)O[C@@H]1CCCc1ccccc1)c1ccccc1. The third kappa shape index (κ3) is 9.30. The van der Waals surface area contributed by atoms with E-state index in [1.165, 1.54) is 19.9 Å². The van der Waals surface area contributed by atoms with E-state index in [0.717, 1.165) is 29.2 Å². The van der Waals surface area contributed by atoms with E-state index < -0.39 is 50.5 Å². The fourth-order valence-electron chi connectivity index (χ4n) is 5.94. The van der Waals surface area contributed by atoms with Crippen LogP contribution in [-0.4, -0.2) is 60.4 Å². The molecule has 0 radical (unpaired) electrons. The molecule has 1 aliphatic rings. The maximum atomic E-state index is 14.2. The Bertz CT molecular complexity index is 1950. The van der Waals surface area contributed by atoms with Crippen LogP contribution >= 0.6 is 0 Å². The Labute approximate surface area is 299 Å². The van der Waals surface area contributed by atoms with Crippen molar-refractivity contribution in [3.63, 3.8) is 0 Å². The number of aromatic nitrogens is 1. The molecule has 0 aliphatic carbocycles. The highest BCUT2D eigenvalue weighted by molar-refractivity contribution is 7.92. The van der Waals surface area contributed by atoms with Gasteiger partial charge in [-0.25, -0.2) is 18.2 Å². The quantitative estimate of drug-likeness (QED) is 0.102. The zero-order valence-electron chi connectivity index (χ0n) is 29.6. The third-order valence-electron chi connectivity index (χ3n) is 9.22. The second-order valence-corrected chi connectivity index (χ2v) is 16.5. The molecule has 1 aromatic heterocycles. The Morgan fingerprint density at radius 3 is 2.22 bits per heavy atom. The van der Waals surface area contributed by atoms with Gasteiger partial charge in [0, 0.05) is 11.6 Å². The number of nitrogens with zero attached hydrogens (tertiary/aromatic N) is 1. The number of hydrogen-bond donors (Lipinski definition) is 3. The molecule has 0 spiro atoms. The van der Waals surface area contributed by atoms with E-state index in [1.54, 1.807) is 18.2 Å². The van der Waals surface area contributed by atoms with Crippen LogP contribution in [0.2, 0.25) is 0 Å². The highest BCUT2D eigenvalue weighted by atomic mass is 32.2. The number of aryl methyl sites for hydroxylation is 1. The molecule has 3 N–H and O–H groups in total. The Balaban J connectivity index is 1.39. The van der Waals surface area contributed by atoms with E-state index in [4.69, 9.17) is 9.47 Å². The van der Waals surface area contributed by atoms with Gasteiger partial charge in [0.05, 0.1) is 16.3 Å². The van der Waals surface area contributed by atoms with Gasteiger partial charge in [-0.2, -0.15) is 0 Å². The van der Waals surface area contributed by atoms with Gasteiger partial charge in [0.15, 0.2) is 15.9 Å². The summed E-state index contributed by atoms with van der Waals surface area (Å²) in [5, 5.41) is 9.00. The van der Waals surface area contributed by atoms with Gasteiger partial charge in [-0.3, -0.25) is 14.9 Å². The lowest BCUT2D eigenvalue weighted by molar-refractivity contribution is -0.131. The second kappa shape index (κ2) is 15.6. The largest absolute Gasteiger partial charge is 0.411 e. The summed E-state index contributed by atoms with van der Waals surface area (Å²) in [6.45, 7) is 6.79. The highest BCUT2D eigenvalue weighted by Crippen LogP contribution is 2.40. The summed E-state index contributed by atoms with van der Waals surface area (Å²) in [5.41, 5.74) is 2.56. The van der Waals surface area contributed by atoms with Crippen LogP contribution in [0.4, 0.5) is 4.79 Å². The molecule has 51 heavy (non-hydrogen) atoms. The van der Waals surface area contributed by atoms with Crippen LogP contribution in [0.1, 0.15) is 74.6 Å². The molecule has 3 aromatic carbocycles. The Morgan fingerprint density at radius 2 is 1.55 bits per heavy atom. The average molecular weight is 715 g/mol. The first-order valence-electron chi connectivity index (χ1n) is 17.1. The smallest absolute Gasteiger partial charge is 0.395 e. The van der Waals surface area contributed by atoms with Crippen molar-refractivity contribution >= 4 is 38.6 Å². The van der Waals surface area contributed by atoms with E-state index in [0.29, 0.717) is 24.8 Å². The van der Waals surface area contributed by atoms with Crippen LogP contribution in [0.3, 0.4) is 0 Å². The van der Waals surface area contributed by atoms with Crippen molar-refractivity contribution in [2.24, 2.45) is 5.92 Å². The Morgan fingerprint density at radius 1 is 0.902 bits per heavy atom. The van der Waals surface area contributed by atoms with Crippen LogP contribution in [0.5, 0.6) is 0 Å². The molecule has 4 aromatic rings. The van der Waals surface area contributed by atoms with E-state index in [1.807, 2.05) is 86.6 Å². The number of alkyl carbamates (subject to hydrolysis) is 1. The molecule has 0 saturated carbocycles. The number of pyridine rings is 1. The predicted molar refractivity (Wildman–Crippen MR) is 195 cm³/mol. The van der Waals surface area contributed by atoms with Crippen molar-refractivity contribution in [1.29, 1.82) is 0 Å². The molecule has 2 unspecified atom stereocenters. The molecule has 11 nitrogen and oxygen atoms in total. The molecule has 5 rings (SSSR count).